The Balaban J connectivity index is 3.07. The molecule has 0 saturated heterocycles. The number of rotatable bonds is 9. The van der Waals surface area contributed by atoms with Crippen LogP contribution < -0.4 is 0 Å². The van der Waals surface area contributed by atoms with Gasteiger partial charge in [0.2, 0.25) is 0 Å². The average Bonchev–Trinajstić information content (AvgIpc) is 2.59. The van der Waals surface area contributed by atoms with Gasteiger partial charge in [-0.05, 0) is 67.6 Å². The minimum Gasteiger partial charge on any atom is -0.478 e. The van der Waals surface area contributed by atoms with Crippen LogP contribution >= 0.6 is 0 Å². The summed E-state index contributed by atoms with van der Waals surface area (Å²) in [6.07, 6.45) is 20.0. The maximum Gasteiger partial charge on any atom is 0.328 e. The van der Waals surface area contributed by atoms with Crippen molar-refractivity contribution in [1.82, 2.24) is 0 Å². The number of carboxylic acids is 1. The van der Waals surface area contributed by atoms with Crippen LogP contribution in [0.4, 0.5) is 0 Å². The molecule has 0 spiro atoms. The van der Waals surface area contributed by atoms with E-state index in [0.29, 0.717) is 5.41 Å². The molecule has 0 aromatic heterocycles. The molecular formula is C24H36O2. The van der Waals surface area contributed by atoms with Crippen molar-refractivity contribution >= 4 is 5.97 Å². The first-order valence-electron chi connectivity index (χ1n) is 10.0. The van der Waals surface area contributed by atoms with E-state index in [-0.39, 0.29) is 0 Å². The predicted molar refractivity (Wildman–Crippen MR) is 112 cm³/mol. The molecule has 0 saturated carbocycles. The number of carbonyl (C=O) groups is 1. The molecule has 1 rings (SSSR count). The van der Waals surface area contributed by atoms with Crippen LogP contribution in [0.3, 0.4) is 0 Å². The van der Waals surface area contributed by atoms with Gasteiger partial charge < -0.3 is 5.11 Å². The van der Waals surface area contributed by atoms with Crippen molar-refractivity contribution < 1.29 is 9.90 Å². The highest BCUT2D eigenvalue weighted by Gasteiger charge is 2.30. The van der Waals surface area contributed by atoms with Crippen LogP contribution in [-0.4, -0.2) is 11.1 Å². The number of allylic oxidation sites excluding steroid dienone is 9. The molecule has 0 radical (unpaired) electrons. The van der Waals surface area contributed by atoms with Crippen LogP contribution in [0.25, 0.3) is 0 Å². The van der Waals surface area contributed by atoms with Gasteiger partial charge >= 0.3 is 5.97 Å². The van der Waals surface area contributed by atoms with Gasteiger partial charge in [-0.2, -0.15) is 0 Å². The van der Waals surface area contributed by atoms with Gasteiger partial charge in [-0.15, -0.1) is 0 Å². The zero-order valence-electron chi connectivity index (χ0n) is 17.3. The molecule has 0 aliphatic heterocycles. The van der Waals surface area contributed by atoms with Crippen molar-refractivity contribution in [1.29, 1.82) is 0 Å². The molecule has 26 heavy (non-hydrogen) atoms. The highest BCUT2D eigenvalue weighted by molar-refractivity contribution is 5.81. The van der Waals surface area contributed by atoms with Crippen molar-refractivity contribution in [2.75, 3.05) is 0 Å². The summed E-state index contributed by atoms with van der Waals surface area (Å²) in [5.74, 6) is -0.903. The third-order valence-corrected chi connectivity index (χ3v) is 5.47. The average molecular weight is 357 g/mol. The SMILES string of the molecule is CCCC(C=CC1=C(CC)CCCC1(C)CC)=CC=CC(C)=CC(=O)O. The summed E-state index contributed by atoms with van der Waals surface area (Å²) in [6.45, 7) is 11.0. The number of carboxylic acid groups (broad SMARTS) is 1. The Morgan fingerprint density at radius 1 is 1.23 bits per heavy atom. The first kappa shape index (κ1) is 22.2. The van der Waals surface area contributed by atoms with Gasteiger partial charge in [-0.1, -0.05) is 70.1 Å². The maximum atomic E-state index is 10.7. The third-order valence-electron chi connectivity index (χ3n) is 5.47. The standard InChI is InChI=1S/C24H36O2/c1-6-11-20(13-9-12-19(4)18-23(25)26)15-16-22-21(7-2)14-10-17-24(22,5)8-3/h9,12-13,15-16,18H,6-8,10-11,14,17H2,1-5H3,(H,25,26). The molecule has 0 heterocycles. The smallest absolute Gasteiger partial charge is 0.328 e. The van der Waals surface area contributed by atoms with Gasteiger partial charge in [-0.3, -0.25) is 0 Å². The molecular weight excluding hydrogens is 320 g/mol. The van der Waals surface area contributed by atoms with Crippen LogP contribution in [0.1, 0.15) is 79.6 Å². The molecule has 0 amide bonds. The second-order valence-corrected chi connectivity index (χ2v) is 7.55. The van der Waals surface area contributed by atoms with Crippen LogP contribution in [0.15, 0.2) is 58.7 Å². The van der Waals surface area contributed by atoms with Crippen LogP contribution in [0.2, 0.25) is 0 Å². The molecule has 1 aliphatic carbocycles. The lowest BCUT2D eigenvalue weighted by molar-refractivity contribution is -0.131. The zero-order chi connectivity index (χ0) is 19.6. The minimum absolute atomic E-state index is 0.300. The minimum atomic E-state index is -0.903. The van der Waals surface area contributed by atoms with Crippen molar-refractivity contribution in [3.8, 4) is 0 Å². The first-order valence-corrected chi connectivity index (χ1v) is 10.0. The van der Waals surface area contributed by atoms with Crippen LogP contribution in [0.5, 0.6) is 0 Å². The van der Waals surface area contributed by atoms with E-state index < -0.39 is 5.97 Å². The molecule has 0 aromatic carbocycles. The Morgan fingerprint density at radius 3 is 2.54 bits per heavy atom. The fourth-order valence-corrected chi connectivity index (χ4v) is 3.71. The topological polar surface area (TPSA) is 37.3 Å². The van der Waals surface area contributed by atoms with E-state index in [2.05, 4.69) is 45.9 Å². The largest absolute Gasteiger partial charge is 0.478 e. The summed E-state index contributed by atoms with van der Waals surface area (Å²) < 4.78 is 0. The molecule has 0 bridgehead atoms. The predicted octanol–water partition coefficient (Wildman–Crippen LogP) is 7.16. The summed E-state index contributed by atoms with van der Waals surface area (Å²) in [7, 11) is 0. The lowest BCUT2D eigenvalue weighted by atomic mass is 9.69. The highest BCUT2D eigenvalue weighted by Crippen LogP contribution is 2.44. The lowest BCUT2D eigenvalue weighted by Gasteiger charge is -2.36. The van der Waals surface area contributed by atoms with E-state index in [1.165, 1.54) is 37.3 Å². The normalized spacial score (nSPS) is 22.7. The van der Waals surface area contributed by atoms with E-state index in [1.54, 1.807) is 18.1 Å². The lowest BCUT2D eigenvalue weighted by Crippen LogP contribution is -2.22. The summed E-state index contributed by atoms with van der Waals surface area (Å²) in [5, 5.41) is 8.78. The molecule has 1 unspecified atom stereocenters. The molecule has 0 fully saturated rings. The molecule has 2 nitrogen and oxygen atoms in total. The van der Waals surface area contributed by atoms with E-state index in [1.807, 2.05) is 12.2 Å². The maximum absolute atomic E-state index is 10.7. The van der Waals surface area contributed by atoms with Gasteiger partial charge in [0.25, 0.3) is 0 Å². The van der Waals surface area contributed by atoms with E-state index >= 15 is 0 Å². The van der Waals surface area contributed by atoms with E-state index in [9.17, 15) is 4.79 Å². The Kier molecular flexibility index (Phi) is 9.40. The van der Waals surface area contributed by atoms with Gasteiger partial charge in [0, 0.05) is 6.08 Å². The molecule has 1 N–H and O–H groups in total. The summed E-state index contributed by atoms with van der Waals surface area (Å²) in [5.41, 5.74) is 5.49. The van der Waals surface area contributed by atoms with Gasteiger partial charge in [-0.25, -0.2) is 4.79 Å². The van der Waals surface area contributed by atoms with Crippen molar-refractivity contribution in [2.45, 2.75) is 79.6 Å². The monoisotopic (exact) mass is 356 g/mol. The van der Waals surface area contributed by atoms with Crippen LogP contribution in [-0.2, 0) is 4.79 Å². The Bertz CT molecular complexity index is 629. The van der Waals surface area contributed by atoms with E-state index in [4.69, 9.17) is 5.11 Å². The Labute approximate surface area is 160 Å². The third kappa shape index (κ3) is 6.82. The van der Waals surface area contributed by atoms with Crippen LogP contribution in [0, 0.1) is 5.41 Å². The Morgan fingerprint density at radius 2 is 1.96 bits per heavy atom. The second kappa shape index (κ2) is 11.0. The molecule has 1 atom stereocenters. The van der Waals surface area contributed by atoms with Gasteiger partial charge in [0.05, 0.1) is 0 Å². The zero-order valence-corrected chi connectivity index (χ0v) is 17.3. The van der Waals surface area contributed by atoms with Gasteiger partial charge in [0.1, 0.15) is 0 Å². The van der Waals surface area contributed by atoms with Crippen molar-refractivity contribution in [2.24, 2.45) is 5.41 Å². The fraction of sp³-hybridized carbons (Fsp3) is 0.542. The van der Waals surface area contributed by atoms with Crippen molar-refractivity contribution in [3.05, 3.63) is 58.7 Å². The summed E-state index contributed by atoms with van der Waals surface area (Å²) in [6, 6.07) is 0. The quantitative estimate of drug-likeness (QED) is 0.351. The Hall–Kier alpha value is -1.83. The molecule has 1 aliphatic rings. The molecule has 144 valence electrons. The second-order valence-electron chi connectivity index (χ2n) is 7.55. The number of aliphatic carboxylic acids is 1. The summed E-state index contributed by atoms with van der Waals surface area (Å²) in [4.78, 5) is 10.7. The number of hydrogen-bond donors (Lipinski definition) is 1. The van der Waals surface area contributed by atoms with E-state index in [0.717, 1.165) is 24.8 Å². The number of hydrogen-bond acceptors (Lipinski definition) is 1. The van der Waals surface area contributed by atoms with Gasteiger partial charge in [0.15, 0.2) is 0 Å². The fourth-order valence-electron chi connectivity index (χ4n) is 3.71. The summed E-state index contributed by atoms with van der Waals surface area (Å²) >= 11 is 0. The first-order chi connectivity index (χ1) is 12.4. The highest BCUT2D eigenvalue weighted by atomic mass is 16.4. The molecule has 0 aromatic rings. The van der Waals surface area contributed by atoms with Crippen molar-refractivity contribution in [3.63, 3.8) is 0 Å². The molecule has 2 heteroatoms.